The van der Waals surface area contributed by atoms with Crippen LogP contribution < -0.4 is 10.1 Å². The van der Waals surface area contributed by atoms with Gasteiger partial charge in [0.2, 0.25) is 0 Å². The molecule has 160 valence electrons. The average Bonchev–Trinajstić information content (AvgIpc) is 2.78. The van der Waals surface area contributed by atoms with Gasteiger partial charge in [0.15, 0.2) is 0 Å². The molecule has 3 aromatic rings. The summed E-state index contributed by atoms with van der Waals surface area (Å²) >= 11 is 3.39. The predicted octanol–water partition coefficient (Wildman–Crippen LogP) is 5.79. The van der Waals surface area contributed by atoms with E-state index in [4.69, 9.17) is 4.74 Å². The van der Waals surface area contributed by atoms with Crippen molar-refractivity contribution in [2.75, 3.05) is 5.32 Å². The van der Waals surface area contributed by atoms with Crippen molar-refractivity contribution in [2.24, 2.45) is 0 Å². The van der Waals surface area contributed by atoms with E-state index in [2.05, 4.69) is 21.2 Å². The van der Waals surface area contributed by atoms with Gasteiger partial charge in [0.1, 0.15) is 24.0 Å². The maximum atomic E-state index is 12.7. The third-order valence-corrected chi connectivity index (χ3v) is 5.05. The lowest BCUT2D eigenvalue weighted by molar-refractivity contribution is -0.384. The Kier molecular flexibility index (Phi) is 7.37. The Morgan fingerprint density at radius 3 is 2.62 bits per heavy atom. The number of carbonyl (C=O) groups is 1. The topological polar surface area (TPSA) is 105 Å². The third-order valence-electron chi connectivity index (χ3n) is 4.55. The second kappa shape index (κ2) is 10.4. The fourth-order valence-corrected chi connectivity index (χ4v) is 3.23. The summed E-state index contributed by atoms with van der Waals surface area (Å²) in [7, 11) is 0. The van der Waals surface area contributed by atoms with Gasteiger partial charge in [0.05, 0.1) is 10.6 Å². The van der Waals surface area contributed by atoms with E-state index in [9.17, 15) is 20.2 Å². The summed E-state index contributed by atoms with van der Waals surface area (Å²) in [5.74, 6) is -0.172. The van der Waals surface area contributed by atoms with Crippen molar-refractivity contribution in [2.45, 2.75) is 13.5 Å². The molecule has 0 bridgehead atoms. The molecular weight excluding hydrogens is 474 g/mol. The van der Waals surface area contributed by atoms with Crippen LogP contribution in [-0.4, -0.2) is 10.8 Å². The molecule has 3 rings (SSSR count). The Hall–Kier alpha value is -3.96. The molecule has 3 aromatic carbocycles. The minimum atomic E-state index is -0.676. The molecule has 0 aromatic heterocycles. The Balaban J connectivity index is 1.86. The van der Waals surface area contributed by atoms with Gasteiger partial charge in [-0.1, -0.05) is 52.3 Å². The van der Waals surface area contributed by atoms with Crippen LogP contribution in [0.2, 0.25) is 0 Å². The normalized spacial score (nSPS) is 10.8. The number of nitriles is 1. The van der Waals surface area contributed by atoms with Crippen LogP contribution in [0.15, 0.2) is 76.8 Å². The lowest BCUT2D eigenvalue weighted by Crippen LogP contribution is -2.14. The van der Waals surface area contributed by atoms with Gasteiger partial charge in [-0.2, -0.15) is 5.26 Å². The highest BCUT2D eigenvalue weighted by atomic mass is 79.9. The first-order valence-electron chi connectivity index (χ1n) is 9.52. The van der Waals surface area contributed by atoms with Crippen LogP contribution in [0.25, 0.3) is 6.08 Å². The molecule has 0 aliphatic carbocycles. The number of nitro groups is 1. The minimum absolute atomic E-state index is 0.156. The molecule has 0 saturated heterocycles. The first-order valence-corrected chi connectivity index (χ1v) is 10.3. The van der Waals surface area contributed by atoms with Crippen LogP contribution >= 0.6 is 15.9 Å². The highest BCUT2D eigenvalue weighted by molar-refractivity contribution is 9.10. The standard InChI is InChI=1S/C24H18BrN3O4/c1-16-7-9-21(28(30)31)13-22(16)27-24(29)19(14-26)11-18-12-20(25)8-10-23(18)32-15-17-5-3-2-4-6-17/h2-13H,15H2,1H3,(H,27,29)/b19-11+. The number of amides is 1. The van der Waals surface area contributed by atoms with E-state index in [1.54, 1.807) is 25.1 Å². The van der Waals surface area contributed by atoms with E-state index < -0.39 is 10.8 Å². The van der Waals surface area contributed by atoms with E-state index in [-0.39, 0.29) is 16.9 Å². The first-order chi connectivity index (χ1) is 15.4. The Labute approximate surface area is 193 Å². The van der Waals surface area contributed by atoms with Crippen molar-refractivity contribution in [3.8, 4) is 11.8 Å². The molecule has 0 aliphatic rings. The summed E-state index contributed by atoms with van der Waals surface area (Å²) in [5.41, 5.74) is 2.09. The van der Waals surface area contributed by atoms with Gasteiger partial charge in [-0.05, 0) is 42.3 Å². The highest BCUT2D eigenvalue weighted by Crippen LogP contribution is 2.27. The van der Waals surface area contributed by atoms with Gasteiger partial charge < -0.3 is 10.1 Å². The second-order valence-corrected chi connectivity index (χ2v) is 7.75. The number of nitrogens with one attached hydrogen (secondary N) is 1. The van der Waals surface area contributed by atoms with Crippen molar-refractivity contribution in [3.05, 3.63) is 104 Å². The van der Waals surface area contributed by atoms with Gasteiger partial charge >= 0.3 is 0 Å². The number of nitro benzene ring substituents is 1. The molecule has 1 amide bonds. The average molecular weight is 492 g/mol. The Morgan fingerprint density at radius 1 is 1.19 bits per heavy atom. The van der Waals surface area contributed by atoms with Crippen LogP contribution in [0.4, 0.5) is 11.4 Å². The van der Waals surface area contributed by atoms with Gasteiger partial charge in [-0.3, -0.25) is 14.9 Å². The van der Waals surface area contributed by atoms with Crippen LogP contribution in [0.5, 0.6) is 5.75 Å². The lowest BCUT2D eigenvalue weighted by atomic mass is 10.1. The highest BCUT2D eigenvalue weighted by Gasteiger charge is 2.15. The third kappa shape index (κ3) is 5.80. The van der Waals surface area contributed by atoms with E-state index in [0.717, 1.165) is 10.0 Å². The maximum absolute atomic E-state index is 12.7. The van der Waals surface area contributed by atoms with E-state index in [1.165, 1.54) is 24.3 Å². The number of carbonyl (C=O) groups excluding carboxylic acids is 1. The van der Waals surface area contributed by atoms with Crippen LogP contribution in [0, 0.1) is 28.4 Å². The molecule has 0 atom stereocenters. The molecule has 0 unspecified atom stereocenters. The van der Waals surface area contributed by atoms with E-state index in [0.29, 0.717) is 23.5 Å². The van der Waals surface area contributed by atoms with Crippen molar-refractivity contribution < 1.29 is 14.5 Å². The number of hydrogen-bond acceptors (Lipinski definition) is 5. The van der Waals surface area contributed by atoms with Gasteiger partial charge in [-0.25, -0.2) is 0 Å². The SMILES string of the molecule is Cc1ccc([N+](=O)[O-])cc1NC(=O)/C(C#N)=C/c1cc(Br)ccc1OCc1ccccc1. The van der Waals surface area contributed by atoms with Gasteiger partial charge in [-0.15, -0.1) is 0 Å². The van der Waals surface area contributed by atoms with Gasteiger partial charge in [0.25, 0.3) is 11.6 Å². The predicted molar refractivity (Wildman–Crippen MR) is 125 cm³/mol. The van der Waals surface area contributed by atoms with E-state index >= 15 is 0 Å². The lowest BCUT2D eigenvalue weighted by Gasteiger charge is -2.11. The molecule has 8 heteroatoms. The van der Waals surface area contributed by atoms with Crippen LogP contribution in [0.1, 0.15) is 16.7 Å². The molecule has 7 nitrogen and oxygen atoms in total. The molecule has 0 radical (unpaired) electrons. The molecule has 0 heterocycles. The number of rotatable bonds is 7. The zero-order valence-corrected chi connectivity index (χ0v) is 18.6. The summed E-state index contributed by atoms with van der Waals surface area (Å²) in [6, 6.07) is 20.9. The molecular formula is C24H18BrN3O4. The summed E-state index contributed by atoms with van der Waals surface area (Å²) in [4.78, 5) is 23.2. The maximum Gasteiger partial charge on any atom is 0.271 e. The molecule has 0 aliphatic heterocycles. The fraction of sp³-hybridized carbons (Fsp3) is 0.0833. The number of benzene rings is 3. The molecule has 0 fully saturated rings. The number of aryl methyl sites for hydroxylation is 1. The number of anilines is 1. The largest absolute Gasteiger partial charge is 0.488 e. The summed E-state index contributed by atoms with van der Waals surface area (Å²) in [6.45, 7) is 2.03. The molecule has 0 spiro atoms. The van der Waals surface area contributed by atoms with Crippen molar-refractivity contribution in [1.29, 1.82) is 5.26 Å². The number of non-ortho nitro benzene ring substituents is 1. The zero-order valence-electron chi connectivity index (χ0n) is 17.0. The van der Waals surface area contributed by atoms with Crippen LogP contribution in [0.3, 0.4) is 0 Å². The number of nitrogens with zero attached hydrogens (tertiary/aromatic N) is 2. The first kappa shape index (κ1) is 22.7. The van der Waals surface area contributed by atoms with Crippen molar-refractivity contribution >= 4 is 39.3 Å². The fourth-order valence-electron chi connectivity index (χ4n) is 2.85. The smallest absolute Gasteiger partial charge is 0.271 e. The van der Waals surface area contributed by atoms with Crippen LogP contribution in [-0.2, 0) is 11.4 Å². The quantitative estimate of drug-likeness (QED) is 0.195. The summed E-state index contributed by atoms with van der Waals surface area (Å²) in [5, 5.41) is 23.2. The monoisotopic (exact) mass is 491 g/mol. The number of halogens is 1. The van der Waals surface area contributed by atoms with Crippen molar-refractivity contribution in [3.63, 3.8) is 0 Å². The van der Waals surface area contributed by atoms with Gasteiger partial charge in [0, 0.05) is 22.2 Å². The molecule has 1 N–H and O–H groups in total. The Bertz CT molecular complexity index is 1230. The van der Waals surface area contributed by atoms with E-state index in [1.807, 2.05) is 36.4 Å². The molecule has 0 saturated carbocycles. The number of ether oxygens (including phenoxy) is 1. The summed E-state index contributed by atoms with van der Waals surface area (Å²) in [6.07, 6.45) is 1.42. The minimum Gasteiger partial charge on any atom is -0.488 e. The number of hydrogen-bond donors (Lipinski definition) is 1. The second-order valence-electron chi connectivity index (χ2n) is 6.84. The summed E-state index contributed by atoms with van der Waals surface area (Å²) < 4.78 is 6.65. The Morgan fingerprint density at radius 2 is 1.94 bits per heavy atom. The zero-order chi connectivity index (χ0) is 23.1. The molecule has 32 heavy (non-hydrogen) atoms. The van der Waals surface area contributed by atoms with Crippen molar-refractivity contribution in [1.82, 2.24) is 0 Å².